The van der Waals surface area contributed by atoms with Crippen molar-refractivity contribution in [3.63, 3.8) is 0 Å². The molecule has 0 spiro atoms. The first kappa shape index (κ1) is 12.4. The first-order valence-corrected chi connectivity index (χ1v) is 8.39. The molecule has 96 valence electrons. The average molecular weight is 386 g/mol. The van der Waals surface area contributed by atoms with Crippen molar-refractivity contribution in [2.75, 3.05) is 0 Å². The van der Waals surface area contributed by atoms with Crippen LogP contribution in [0.2, 0.25) is 0 Å². The molecular formula is C18H11IS. The van der Waals surface area contributed by atoms with Crippen LogP contribution >= 0.6 is 33.9 Å². The molecule has 0 aliphatic rings. The van der Waals surface area contributed by atoms with E-state index in [1.165, 1.54) is 34.9 Å². The second kappa shape index (κ2) is 4.86. The largest absolute Gasteiger partial charge is 0.134 e. The van der Waals surface area contributed by atoms with E-state index in [9.17, 15) is 0 Å². The Morgan fingerprint density at radius 3 is 2.40 bits per heavy atom. The fourth-order valence-corrected chi connectivity index (χ4v) is 4.55. The van der Waals surface area contributed by atoms with Crippen LogP contribution < -0.4 is 0 Å². The maximum absolute atomic E-state index is 2.42. The van der Waals surface area contributed by atoms with Crippen molar-refractivity contribution in [1.82, 2.24) is 0 Å². The van der Waals surface area contributed by atoms with E-state index in [4.69, 9.17) is 0 Å². The third kappa shape index (κ3) is 1.95. The molecule has 0 nitrogen and oxygen atoms in total. The van der Waals surface area contributed by atoms with Gasteiger partial charge in [-0.25, -0.2) is 0 Å². The van der Waals surface area contributed by atoms with Crippen LogP contribution in [0.25, 0.3) is 31.3 Å². The second-order valence-electron chi connectivity index (χ2n) is 4.80. The van der Waals surface area contributed by atoms with E-state index in [0.717, 1.165) is 0 Å². The maximum atomic E-state index is 2.42. The van der Waals surface area contributed by atoms with Gasteiger partial charge in [0.25, 0.3) is 0 Å². The van der Waals surface area contributed by atoms with E-state index in [2.05, 4.69) is 89.3 Å². The van der Waals surface area contributed by atoms with E-state index in [0.29, 0.717) is 0 Å². The van der Waals surface area contributed by atoms with Crippen LogP contribution in [0.3, 0.4) is 0 Å². The van der Waals surface area contributed by atoms with Gasteiger partial charge in [-0.15, -0.1) is 11.3 Å². The Balaban J connectivity index is 2.01. The number of halogens is 1. The van der Waals surface area contributed by atoms with E-state index in [-0.39, 0.29) is 0 Å². The standard InChI is InChI=1S/C18H11IS/c19-16-8-4-7-15-14-10-9-13(11-17(14)20-18(15)16)12-5-2-1-3-6-12/h1-11H. The molecular weight excluding hydrogens is 375 g/mol. The minimum Gasteiger partial charge on any atom is -0.134 e. The number of benzene rings is 3. The van der Waals surface area contributed by atoms with Gasteiger partial charge in [-0.05, 0) is 45.9 Å². The Kier molecular flexibility index (Phi) is 3.00. The summed E-state index contributed by atoms with van der Waals surface area (Å²) in [5.74, 6) is 0. The molecule has 0 N–H and O–H groups in total. The van der Waals surface area contributed by atoms with Gasteiger partial charge in [-0.1, -0.05) is 54.6 Å². The Bertz CT molecular complexity index is 907. The number of fused-ring (bicyclic) bond motifs is 3. The van der Waals surface area contributed by atoms with Gasteiger partial charge in [0.15, 0.2) is 0 Å². The predicted molar refractivity (Wildman–Crippen MR) is 97.5 cm³/mol. The topological polar surface area (TPSA) is 0 Å². The second-order valence-corrected chi connectivity index (χ2v) is 7.01. The highest BCUT2D eigenvalue weighted by atomic mass is 127. The Morgan fingerprint density at radius 1 is 0.700 bits per heavy atom. The summed E-state index contributed by atoms with van der Waals surface area (Å²) in [6.07, 6.45) is 0. The number of thiophene rings is 1. The van der Waals surface area contributed by atoms with Crippen molar-refractivity contribution >= 4 is 54.1 Å². The molecule has 20 heavy (non-hydrogen) atoms. The lowest BCUT2D eigenvalue weighted by Gasteiger charge is -2.01. The van der Waals surface area contributed by atoms with Crippen LogP contribution in [0.1, 0.15) is 0 Å². The minimum absolute atomic E-state index is 1.28. The first-order chi connectivity index (χ1) is 9.83. The first-order valence-electron chi connectivity index (χ1n) is 6.49. The molecule has 0 aliphatic carbocycles. The van der Waals surface area contributed by atoms with Gasteiger partial charge in [0.05, 0.1) is 0 Å². The molecule has 0 saturated heterocycles. The van der Waals surface area contributed by atoms with Crippen LogP contribution in [0.5, 0.6) is 0 Å². The Hall–Kier alpha value is -1.39. The Labute approximate surface area is 135 Å². The van der Waals surface area contributed by atoms with Crippen LogP contribution in [-0.4, -0.2) is 0 Å². The highest BCUT2D eigenvalue weighted by molar-refractivity contribution is 14.1. The number of rotatable bonds is 1. The molecule has 4 aromatic rings. The SMILES string of the molecule is Ic1cccc2c1sc1cc(-c3ccccc3)ccc12. The quantitative estimate of drug-likeness (QED) is 0.336. The van der Waals surface area contributed by atoms with Crippen LogP contribution in [-0.2, 0) is 0 Å². The molecule has 0 radical (unpaired) electrons. The summed E-state index contributed by atoms with van der Waals surface area (Å²) < 4.78 is 4.10. The van der Waals surface area contributed by atoms with E-state index < -0.39 is 0 Å². The van der Waals surface area contributed by atoms with Crippen LogP contribution in [0.15, 0.2) is 66.7 Å². The molecule has 3 aromatic carbocycles. The third-order valence-electron chi connectivity index (χ3n) is 3.56. The van der Waals surface area contributed by atoms with Crippen molar-refractivity contribution in [2.24, 2.45) is 0 Å². The third-order valence-corrected chi connectivity index (χ3v) is 6.02. The minimum atomic E-state index is 1.28. The van der Waals surface area contributed by atoms with Gasteiger partial charge in [0, 0.05) is 23.7 Å². The van der Waals surface area contributed by atoms with E-state index >= 15 is 0 Å². The molecule has 2 heteroatoms. The molecule has 0 amide bonds. The zero-order valence-corrected chi connectivity index (χ0v) is 13.6. The monoisotopic (exact) mass is 386 g/mol. The summed E-state index contributed by atoms with van der Waals surface area (Å²) in [4.78, 5) is 0. The summed E-state index contributed by atoms with van der Waals surface area (Å²) in [6, 6.07) is 23.9. The highest BCUT2D eigenvalue weighted by Crippen LogP contribution is 2.38. The van der Waals surface area contributed by atoms with Crippen LogP contribution in [0, 0.1) is 3.57 Å². The fourth-order valence-electron chi connectivity index (χ4n) is 2.57. The molecule has 0 fully saturated rings. The highest BCUT2D eigenvalue weighted by Gasteiger charge is 2.08. The fraction of sp³-hybridized carbons (Fsp3) is 0. The molecule has 4 rings (SSSR count). The molecule has 0 unspecified atom stereocenters. The molecule has 0 saturated carbocycles. The Morgan fingerprint density at radius 2 is 1.55 bits per heavy atom. The van der Waals surface area contributed by atoms with Gasteiger partial charge >= 0.3 is 0 Å². The molecule has 1 aromatic heterocycles. The molecule has 0 bridgehead atoms. The summed E-state index contributed by atoms with van der Waals surface area (Å²) in [6.45, 7) is 0. The van der Waals surface area contributed by atoms with Gasteiger partial charge in [-0.3, -0.25) is 0 Å². The summed E-state index contributed by atoms with van der Waals surface area (Å²) in [5, 5.41) is 2.74. The lowest BCUT2D eigenvalue weighted by atomic mass is 10.0. The smallest absolute Gasteiger partial charge is 0.0488 e. The van der Waals surface area contributed by atoms with Gasteiger partial charge in [0.1, 0.15) is 0 Å². The van der Waals surface area contributed by atoms with Gasteiger partial charge in [0.2, 0.25) is 0 Å². The molecule has 1 heterocycles. The van der Waals surface area contributed by atoms with E-state index in [1.807, 2.05) is 11.3 Å². The summed E-state index contributed by atoms with van der Waals surface area (Å²) in [7, 11) is 0. The average Bonchev–Trinajstić information content (AvgIpc) is 2.87. The summed E-state index contributed by atoms with van der Waals surface area (Å²) >= 11 is 4.31. The van der Waals surface area contributed by atoms with Crippen molar-refractivity contribution in [3.05, 3.63) is 70.3 Å². The number of hydrogen-bond acceptors (Lipinski definition) is 1. The van der Waals surface area contributed by atoms with Crippen LogP contribution in [0.4, 0.5) is 0 Å². The lowest BCUT2D eigenvalue weighted by molar-refractivity contribution is 1.66. The zero-order valence-electron chi connectivity index (χ0n) is 10.6. The maximum Gasteiger partial charge on any atom is 0.0488 e. The molecule has 0 atom stereocenters. The van der Waals surface area contributed by atoms with Gasteiger partial charge < -0.3 is 0 Å². The van der Waals surface area contributed by atoms with Crippen molar-refractivity contribution < 1.29 is 0 Å². The zero-order chi connectivity index (χ0) is 13.5. The lowest BCUT2D eigenvalue weighted by Crippen LogP contribution is -1.75. The van der Waals surface area contributed by atoms with Gasteiger partial charge in [-0.2, -0.15) is 0 Å². The van der Waals surface area contributed by atoms with Crippen molar-refractivity contribution in [1.29, 1.82) is 0 Å². The number of hydrogen-bond donors (Lipinski definition) is 0. The molecule has 0 aliphatic heterocycles. The summed E-state index contributed by atoms with van der Waals surface area (Å²) in [5.41, 5.74) is 2.57. The van der Waals surface area contributed by atoms with Crippen molar-refractivity contribution in [2.45, 2.75) is 0 Å². The van der Waals surface area contributed by atoms with E-state index in [1.54, 1.807) is 0 Å². The predicted octanol–water partition coefficient (Wildman–Crippen LogP) is 6.33. The van der Waals surface area contributed by atoms with Crippen molar-refractivity contribution in [3.8, 4) is 11.1 Å². The normalized spacial score (nSPS) is 11.2.